The zero-order chi connectivity index (χ0) is 19.4. The standard InChI is InChI=1S/C23H22ClN3O/c24-20-8-6-19(7-9-20)23(11-1-2-12-23)22(28)27-15-17-5-10-21(26-14-17)18-4-3-13-25-16-18/h3-10,13-14,16H,1-2,11-12,15H2,(H,27,28). The highest BCUT2D eigenvalue weighted by molar-refractivity contribution is 6.30. The molecule has 1 saturated carbocycles. The first-order chi connectivity index (χ1) is 13.7. The summed E-state index contributed by atoms with van der Waals surface area (Å²) in [7, 11) is 0. The summed E-state index contributed by atoms with van der Waals surface area (Å²) in [4.78, 5) is 21.8. The molecule has 1 N–H and O–H groups in total. The smallest absolute Gasteiger partial charge is 0.230 e. The molecule has 0 unspecified atom stereocenters. The van der Waals surface area contributed by atoms with E-state index in [0.29, 0.717) is 11.6 Å². The molecule has 28 heavy (non-hydrogen) atoms. The maximum absolute atomic E-state index is 13.1. The molecular weight excluding hydrogens is 370 g/mol. The van der Waals surface area contributed by atoms with E-state index in [1.54, 1.807) is 12.4 Å². The first-order valence-corrected chi connectivity index (χ1v) is 9.95. The normalized spacial score (nSPS) is 15.3. The first kappa shape index (κ1) is 18.6. The highest BCUT2D eigenvalue weighted by atomic mass is 35.5. The molecule has 0 saturated heterocycles. The number of pyridine rings is 2. The second-order valence-electron chi connectivity index (χ2n) is 7.27. The highest BCUT2D eigenvalue weighted by Crippen LogP contribution is 2.41. The minimum Gasteiger partial charge on any atom is -0.351 e. The number of benzene rings is 1. The zero-order valence-electron chi connectivity index (χ0n) is 15.6. The SMILES string of the molecule is O=C(NCc1ccc(-c2cccnc2)nc1)C1(c2ccc(Cl)cc2)CCCC1. The lowest BCUT2D eigenvalue weighted by molar-refractivity contribution is -0.126. The third kappa shape index (κ3) is 3.78. The van der Waals surface area contributed by atoms with E-state index in [1.807, 2.05) is 54.7 Å². The van der Waals surface area contributed by atoms with Gasteiger partial charge in [-0.25, -0.2) is 0 Å². The molecule has 1 amide bonds. The van der Waals surface area contributed by atoms with Crippen LogP contribution >= 0.6 is 11.6 Å². The summed E-state index contributed by atoms with van der Waals surface area (Å²) >= 11 is 6.03. The predicted octanol–water partition coefficient (Wildman–Crippen LogP) is 4.93. The molecule has 1 aliphatic carbocycles. The minimum atomic E-state index is -0.451. The largest absolute Gasteiger partial charge is 0.351 e. The van der Waals surface area contributed by atoms with E-state index in [2.05, 4.69) is 15.3 Å². The lowest BCUT2D eigenvalue weighted by atomic mass is 9.78. The van der Waals surface area contributed by atoms with Crippen molar-refractivity contribution in [3.05, 3.63) is 83.3 Å². The average Bonchev–Trinajstić information content (AvgIpc) is 3.25. The molecule has 4 nitrogen and oxygen atoms in total. The van der Waals surface area contributed by atoms with E-state index in [9.17, 15) is 4.79 Å². The van der Waals surface area contributed by atoms with Gasteiger partial charge in [0.25, 0.3) is 0 Å². The summed E-state index contributed by atoms with van der Waals surface area (Å²) < 4.78 is 0. The van der Waals surface area contributed by atoms with Gasteiger partial charge in [-0.2, -0.15) is 0 Å². The number of halogens is 1. The molecule has 0 bridgehead atoms. The summed E-state index contributed by atoms with van der Waals surface area (Å²) in [5.74, 6) is 0.0867. The van der Waals surface area contributed by atoms with Crippen molar-refractivity contribution in [1.29, 1.82) is 0 Å². The van der Waals surface area contributed by atoms with E-state index in [1.165, 1.54) is 0 Å². The van der Waals surface area contributed by atoms with Gasteiger partial charge >= 0.3 is 0 Å². The third-order valence-electron chi connectivity index (χ3n) is 5.52. The average molecular weight is 392 g/mol. The van der Waals surface area contributed by atoms with Gasteiger partial charge in [0.2, 0.25) is 5.91 Å². The number of carbonyl (C=O) groups is 1. The van der Waals surface area contributed by atoms with Gasteiger partial charge in [0.05, 0.1) is 11.1 Å². The second-order valence-corrected chi connectivity index (χ2v) is 7.71. The van der Waals surface area contributed by atoms with Gasteiger partial charge in [-0.05, 0) is 54.3 Å². The van der Waals surface area contributed by atoms with E-state index < -0.39 is 5.41 Å². The second kappa shape index (κ2) is 8.11. The quantitative estimate of drug-likeness (QED) is 0.671. The molecule has 1 aromatic carbocycles. The molecule has 4 rings (SSSR count). The van der Waals surface area contributed by atoms with Crippen LogP contribution in [-0.2, 0) is 16.8 Å². The van der Waals surface area contributed by atoms with Gasteiger partial charge in [-0.1, -0.05) is 42.6 Å². The Morgan fingerprint density at radius 3 is 2.46 bits per heavy atom. The van der Waals surface area contributed by atoms with Gasteiger partial charge in [0, 0.05) is 35.7 Å². The third-order valence-corrected chi connectivity index (χ3v) is 5.78. The van der Waals surface area contributed by atoms with E-state index in [0.717, 1.165) is 48.1 Å². The van der Waals surface area contributed by atoms with Crippen LogP contribution in [0.3, 0.4) is 0 Å². The number of hydrogen-bond donors (Lipinski definition) is 1. The van der Waals surface area contributed by atoms with Crippen molar-refractivity contribution in [2.24, 2.45) is 0 Å². The molecule has 2 heterocycles. The Kier molecular flexibility index (Phi) is 5.40. The minimum absolute atomic E-state index is 0.0867. The maximum atomic E-state index is 13.1. The summed E-state index contributed by atoms with van der Waals surface area (Å²) in [6.45, 7) is 0.467. The fourth-order valence-electron chi connectivity index (χ4n) is 3.96. The Labute approximate surface area is 170 Å². The fourth-order valence-corrected chi connectivity index (χ4v) is 4.09. The topological polar surface area (TPSA) is 54.9 Å². The summed E-state index contributed by atoms with van der Waals surface area (Å²) in [6.07, 6.45) is 9.23. The monoisotopic (exact) mass is 391 g/mol. The molecule has 5 heteroatoms. The molecule has 0 atom stereocenters. The molecule has 0 radical (unpaired) electrons. The summed E-state index contributed by atoms with van der Waals surface area (Å²) in [6, 6.07) is 15.5. The van der Waals surface area contributed by atoms with E-state index in [4.69, 9.17) is 11.6 Å². The van der Waals surface area contributed by atoms with Crippen LogP contribution in [0.25, 0.3) is 11.3 Å². The number of amides is 1. The van der Waals surface area contributed by atoms with Crippen LogP contribution in [0.1, 0.15) is 36.8 Å². The van der Waals surface area contributed by atoms with Gasteiger partial charge in [0.1, 0.15) is 0 Å². The van der Waals surface area contributed by atoms with Crippen LogP contribution in [-0.4, -0.2) is 15.9 Å². The summed E-state index contributed by atoms with van der Waals surface area (Å²) in [5.41, 5.74) is 3.43. The van der Waals surface area contributed by atoms with Crippen LogP contribution in [0.2, 0.25) is 5.02 Å². The van der Waals surface area contributed by atoms with E-state index >= 15 is 0 Å². The van der Waals surface area contributed by atoms with Gasteiger partial charge in [-0.15, -0.1) is 0 Å². The highest BCUT2D eigenvalue weighted by Gasteiger charge is 2.42. The predicted molar refractivity (Wildman–Crippen MR) is 111 cm³/mol. The van der Waals surface area contributed by atoms with Crippen LogP contribution < -0.4 is 5.32 Å². The Morgan fingerprint density at radius 1 is 1.04 bits per heavy atom. The Bertz CT molecular complexity index is 934. The molecular formula is C23H22ClN3O. The summed E-state index contributed by atoms with van der Waals surface area (Å²) in [5, 5.41) is 3.82. The zero-order valence-corrected chi connectivity index (χ0v) is 16.3. The number of nitrogens with zero attached hydrogens (tertiary/aromatic N) is 2. The van der Waals surface area contributed by atoms with Crippen molar-refractivity contribution in [3.63, 3.8) is 0 Å². The number of aromatic nitrogens is 2. The van der Waals surface area contributed by atoms with E-state index in [-0.39, 0.29) is 5.91 Å². The van der Waals surface area contributed by atoms with Crippen molar-refractivity contribution in [2.75, 3.05) is 0 Å². The number of hydrogen-bond acceptors (Lipinski definition) is 3. The molecule has 142 valence electrons. The first-order valence-electron chi connectivity index (χ1n) is 9.57. The lowest BCUT2D eigenvalue weighted by Gasteiger charge is -2.28. The van der Waals surface area contributed by atoms with Crippen LogP contribution in [0, 0.1) is 0 Å². The van der Waals surface area contributed by atoms with Gasteiger partial charge < -0.3 is 5.32 Å². The number of rotatable bonds is 5. The Morgan fingerprint density at radius 2 is 1.82 bits per heavy atom. The van der Waals surface area contributed by atoms with Crippen LogP contribution in [0.15, 0.2) is 67.1 Å². The number of nitrogens with one attached hydrogen (secondary N) is 1. The molecule has 1 aliphatic rings. The van der Waals surface area contributed by atoms with Crippen LogP contribution in [0.5, 0.6) is 0 Å². The van der Waals surface area contributed by atoms with Crippen molar-refractivity contribution >= 4 is 17.5 Å². The van der Waals surface area contributed by atoms with Crippen molar-refractivity contribution in [3.8, 4) is 11.3 Å². The fraction of sp³-hybridized carbons (Fsp3) is 0.261. The molecule has 2 aromatic heterocycles. The Hall–Kier alpha value is -2.72. The molecule has 0 spiro atoms. The van der Waals surface area contributed by atoms with Gasteiger partial charge in [0.15, 0.2) is 0 Å². The van der Waals surface area contributed by atoms with Gasteiger partial charge in [-0.3, -0.25) is 14.8 Å². The molecule has 0 aliphatic heterocycles. The van der Waals surface area contributed by atoms with Crippen LogP contribution in [0.4, 0.5) is 0 Å². The lowest BCUT2D eigenvalue weighted by Crippen LogP contribution is -2.42. The Balaban J connectivity index is 1.46. The molecule has 1 fully saturated rings. The number of carbonyl (C=O) groups excluding carboxylic acids is 1. The van der Waals surface area contributed by atoms with Crippen molar-refractivity contribution < 1.29 is 4.79 Å². The van der Waals surface area contributed by atoms with Crippen molar-refractivity contribution in [2.45, 2.75) is 37.6 Å². The van der Waals surface area contributed by atoms with Crippen molar-refractivity contribution in [1.82, 2.24) is 15.3 Å². The molecule has 3 aromatic rings. The maximum Gasteiger partial charge on any atom is 0.230 e.